The predicted octanol–water partition coefficient (Wildman–Crippen LogP) is 2.13. The molecular formula is C15H13ClN2O7S. The van der Waals surface area contributed by atoms with Crippen LogP contribution in [0.5, 0.6) is 5.75 Å². The molecule has 0 aliphatic rings. The first kappa shape index (κ1) is 19.6. The van der Waals surface area contributed by atoms with Crippen LogP contribution in [0.3, 0.4) is 0 Å². The van der Waals surface area contributed by atoms with Gasteiger partial charge < -0.3 is 9.47 Å². The maximum absolute atomic E-state index is 11.9. The Balaban J connectivity index is 1.86. The summed E-state index contributed by atoms with van der Waals surface area (Å²) in [5, 5.41) is 15.5. The second kappa shape index (κ2) is 8.13. The van der Waals surface area contributed by atoms with E-state index >= 15 is 0 Å². The van der Waals surface area contributed by atoms with Gasteiger partial charge in [0.05, 0.1) is 20.4 Å². The lowest BCUT2D eigenvalue weighted by Crippen LogP contribution is -2.13. The quantitative estimate of drug-likeness (QED) is 0.325. The zero-order chi connectivity index (χ0) is 19.3. The van der Waals surface area contributed by atoms with E-state index in [4.69, 9.17) is 26.2 Å². The number of carbonyl (C=O) groups excluding carboxylic acids is 1. The van der Waals surface area contributed by atoms with E-state index in [2.05, 4.69) is 0 Å². The van der Waals surface area contributed by atoms with E-state index in [9.17, 15) is 23.3 Å². The molecule has 138 valence electrons. The molecule has 0 atom stereocenters. The number of nitrogens with zero attached hydrogens (tertiary/aromatic N) is 1. The monoisotopic (exact) mass is 400 g/mol. The summed E-state index contributed by atoms with van der Waals surface area (Å²) >= 11 is 5.83. The molecule has 0 amide bonds. The van der Waals surface area contributed by atoms with Crippen molar-refractivity contribution in [3.8, 4) is 5.75 Å². The standard InChI is InChI=1S/C15H13ClN2O7S/c16-14-9-10(18(20)21)1-6-13(14)15(19)25-8-7-24-11-2-4-12(5-3-11)26(17,22)23/h1-6,9H,7-8H2,(H2,17,22,23). The van der Waals surface area contributed by atoms with Gasteiger partial charge in [-0.3, -0.25) is 10.1 Å². The number of rotatable bonds is 7. The lowest BCUT2D eigenvalue weighted by Gasteiger charge is -2.08. The van der Waals surface area contributed by atoms with Gasteiger partial charge >= 0.3 is 5.97 Å². The van der Waals surface area contributed by atoms with Crippen LogP contribution in [0.15, 0.2) is 47.4 Å². The first-order valence-electron chi connectivity index (χ1n) is 7.05. The van der Waals surface area contributed by atoms with Gasteiger partial charge in [0.25, 0.3) is 5.69 Å². The summed E-state index contributed by atoms with van der Waals surface area (Å²) in [4.78, 5) is 21.8. The third-order valence-corrected chi connectivity index (χ3v) is 4.36. The van der Waals surface area contributed by atoms with Crippen LogP contribution < -0.4 is 9.88 Å². The van der Waals surface area contributed by atoms with E-state index < -0.39 is 20.9 Å². The summed E-state index contributed by atoms with van der Waals surface area (Å²) < 4.78 is 32.5. The number of primary sulfonamides is 1. The molecule has 0 radical (unpaired) electrons. The average molecular weight is 401 g/mol. The number of nitrogens with two attached hydrogens (primary N) is 1. The summed E-state index contributed by atoms with van der Waals surface area (Å²) in [7, 11) is -3.78. The molecule has 2 rings (SSSR count). The Hall–Kier alpha value is -2.69. The van der Waals surface area contributed by atoms with Crippen molar-refractivity contribution in [1.29, 1.82) is 0 Å². The summed E-state index contributed by atoms with van der Waals surface area (Å²) in [5.41, 5.74) is -0.243. The molecule has 26 heavy (non-hydrogen) atoms. The SMILES string of the molecule is NS(=O)(=O)c1ccc(OCCOC(=O)c2ccc([N+](=O)[O-])cc2Cl)cc1. The van der Waals surface area contributed by atoms with Gasteiger partial charge in [-0.2, -0.15) is 0 Å². The Kier molecular flexibility index (Phi) is 6.14. The summed E-state index contributed by atoms with van der Waals surface area (Å²) in [6.45, 7) is -0.103. The number of carbonyl (C=O) groups is 1. The van der Waals surface area contributed by atoms with Gasteiger partial charge in [-0.1, -0.05) is 11.6 Å². The number of nitro groups is 1. The molecule has 2 N–H and O–H groups in total. The fraction of sp³-hybridized carbons (Fsp3) is 0.133. The summed E-state index contributed by atoms with van der Waals surface area (Å²) in [6, 6.07) is 8.80. The number of hydrogen-bond donors (Lipinski definition) is 1. The summed E-state index contributed by atoms with van der Waals surface area (Å²) in [5.74, 6) is -0.389. The Bertz CT molecular complexity index is 930. The molecule has 9 nitrogen and oxygen atoms in total. The summed E-state index contributed by atoms with van der Waals surface area (Å²) in [6.07, 6.45) is 0. The van der Waals surface area contributed by atoms with Crippen LogP contribution in [0, 0.1) is 10.1 Å². The Morgan fingerprint density at radius 2 is 1.81 bits per heavy atom. The van der Waals surface area contributed by atoms with Gasteiger partial charge in [-0.05, 0) is 30.3 Å². The molecule has 0 saturated carbocycles. The topological polar surface area (TPSA) is 139 Å². The van der Waals surface area contributed by atoms with Crippen LogP contribution in [-0.4, -0.2) is 32.5 Å². The maximum atomic E-state index is 11.9. The van der Waals surface area contributed by atoms with Crippen molar-refractivity contribution in [2.24, 2.45) is 5.14 Å². The number of nitro benzene ring substituents is 1. The van der Waals surface area contributed by atoms with Crippen LogP contribution >= 0.6 is 11.6 Å². The Morgan fingerprint density at radius 3 is 2.35 bits per heavy atom. The van der Waals surface area contributed by atoms with E-state index in [1.807, 2.05) is 0 Å². The lowest BCUT2D eigenvalue weighted by atomic mass is 10.2. The number of esters is 1. The van der Waals surface area contributed by atoms with Crippen molar-refractivity contribution in [2.75, 3.05) is 13.2 Å². The van der Waals surface area contributed by atoms with E-state index in [-0.39, 0.29) is 34.4 Å². The Morgan fingerprint density at radius 1 is 1.15 bits per heavy atom. The van der Waals surface area contributed by atoms with Crippen molar-refractivity contribution in [3.63, 3.8) is 0 Å². The highest BCUT2D eigenvalue weighted by Crippen LogP contribution is 2.23. The van der Waals surface area contributed by atoms with Crippen molar-refractivity contribution >= 4 is 33.3 Å². The highest BCUT2D eigenvalue weighted by Gasteiger charge is 2.16. The van der Waals surface area contributed by atoms with Gasteiger partial charge in [0, 0.05) is 12.1 Å². The fourth-order valence-electron chi connectivity index (χ4n) is 1.88. The number of ether oxygens (including phenoxy) is 2. The number of benzene rings is 2. The first-order valence-corrected chi connectivity index (χ1v) is 8.97. The maximum Gasteiger partial charge on any atom is 0.339 e. The molecule has 0 unspecified atom stereocenters. The molecule has 0 bridgehead atoms. The first-order chi connectivity index (χ1) is 12.2. The molecule has 0 heterocycles. The van der Waals surface area contributed by atoms with Crippen molar-refractivity contribution in [3.05, 3.63) is 63.2 Å². The zero-order valence-corrected chi connectivity index (χ0v) is 14.7. The van der Waals surface area contributed by atoms with Crippen LogP contribution in [0.2, 0.25) is 5.02 Å². The number of sulfonamides is 1. The zero-order valence-electron chi connectivity index (χ0n) is 13.1. The average Bonchev–Trinajstić information content (AvgIpc) is 2.58. The minimum Gasteiger partial charge on any atom is -0.490 e. The molecule has 0 fully saturated rings. The molecule has 0 aliphatic carbocycles. The van der Waals surface area contributed by atoms with Crippen molar-refractivity contribution in [2.45, 2.75) is 4.90 Å². The minimum absolute atomic E-state index is 0.00484. The second-order valence-electron chi connectivity index (χ2n) is 4.92. The third kappa shape index (κ3) is 5.15. The van der Waals surface area contributed by atoms with Crippen molar-refractivity contribution < 1.29 is 27.6 Å². The van der Waals surface area contributed by atoms with Crippen LogP contribution in [0.4, 0.5) is 5.69 Å². The third-order valence-electron chi connectivity index (χ3n) is 3.12. The van der Waals surface area contributed by atoms with Gasteiger partial charge in [0.2, 0.25) is 10.0 Å². The number of halogens is 1. The molecule has 0 spiro atoms. The second-order valence-corrected chi connectivity index (χ2v) is 6.89. The van der Waals surface area contributed by atoms with Gasteiger partial charge in [-0.15, -0.1) is 0 Å². The van der Waals surface area contributed by atoms with Crippen LogP contribution in [0.25, 0.3) is 0 Å². The number of hydrogen-bond acceptors (Lipinski definition) is 7. The van der Waals surface area contributed by atoms with E-state index in [1.165, 1.54) is 30.3 Å². The fourth-order valence-corrected chi connectivity index (χ4v) is 2.65. The van der Waals surface area contributed by atoms with E-state index in [0.29, 0.717) is 5.75 Å². The molecule has 0 aliphatic heterocycles. The molecule has 0 aromatic heterocycles. The smallest absolute Gasteiger partial charge is 0.339 e. The van der Waals surface area contributed by atoms with Gasteiger partial charge in [0.1, 0.15) is 19.0 Å². The molecule has 0 saturated heterocycles. The van der Waals surface area contributed by atoms with Crippen LogP contribution in [0.1, 0.15) is 10.4 Å². The van der Waals surface area contributed by atoms with Gasteiger partial charge in [-0.25, -0.2) is 18.4 Å². The minimum atomic E-state index is -3.78. The van der Waals surface area contributed by atoms with Gasteiger partial charge in [0.15, 0.2) is 0 Å². The van der Waals surface area contributed by atoms with Crippen molar-refractivity contribution in [1.82, 2.24) is 0 Å². The largest absolute Gasteiger partial charge is 0.490 e. The lowest BCUT2D eigenvalue weighted by molar-refractivity contribution is -0.384. The highest BCUT2D eigenvalue weighted by atomic mass is 35.5. The molecule has 11 heteroatoms. The molecule has 2 aromatic carbocycles. The molecular weight excluding hydrogens is 388 g/mol. The predicted molar refractivity (Wildman–Crippen MR) is 91.7 cm³/mol. The van der Waals surface area contributed by atoms with E-state index in [0.717, 1.165) is 12.1 Å². The molecule has 2 aromatic rings. The van der Waals surface area contributed by atoms with E-state index in [1.54, 1.807) is 0 Å². The Labute approximate surface area is 153 Å². The normalized spacial score (nSPS) is 11.0. The number of non-ortho nitro benzene ring substituents is 1. The van der Waals surface area contributed by atoms with Crippen LogP contribution in [-0.2, 0) is 14.8 Å². The highest BCUT2D eigenvalue weighted by molar-refractivity contribution is 7.89.